The van der Waals surface area contributed by atoms with Crippen LogP contribution < -0.4 is 4.46 Å². The van der Waals surface area contributed by atoms with Crippen LogP contribution in [0.1, 0.15) is 16.8 Å². The second kappa shape index (κ2) is 6.70. The van der Waals surface area contributed by atoms with E-state index in [2.05, 4.69) is 78.0 Å². The van der Waals surface area contributed by atoms with Crippen LogP contribution in [0.4, 0.5) is 0 Å². The van der Waals surface area contributed by atoms with Crippen molar-refractivity contribution >= 4 is 19.4 Å². The van der Waals surface area contributed by atoms with E-state index in [9.17, 15) is 0 Å². The summed E-state index contributed by atoms with van der Waals surface area (Å²) in [6, 6.07) is 19.0. The number of aryl methyl sites for hydroxylation is 1. The molecule has 0 bridgehead atoms. The summed E-state index contributed by atoms with van der Waals surface area (Å²) < 4.78 is 3.33. The molecule has 0 N–H and O–H groups in total. The minimum absolute atomic E-state index is 0.421. The third-order valence-corrected chi connectivity index (χ3v) is 5.50. The van der Waals surface area contributed by atoms with Crippen LogP contribution in [0.3, 0.4) is 0 Å². The van der Waals surface area contributed by atoms with Gasteiger partial charge in [0.2, 0.25) is 0 Å². The second-order valence-electron chi connectivity index (χ2n) is 4.94. The van der Waals surface area contributed by atoms with Crippen molar-refractivity contribution in [2.75, 3.05) is 0 Å². The molecule has 0 atom stereocenters. The molecule has 0 amide bonds. The molecule has 0 fully saturated rings. The van der Waals surface area contributed by atoms with Gasteiger partial charge in [-0.15, -0.1) is 0 Å². The number of nitrogens with zero attached hydrogens (tertiary/aromatic N) is 3. The van der Waals surface area contributed by atoms with Gasteiger partial charge in [-0.2, -0.15) is 0 Å². The van der Waals surface area contributed by atoms with Crippen LogP contribution >= 0.6 is 0 Å². The van der Waals surface area contributed by atoms with Crippen LogP contribution in [0, 0.1) is 6.92 Å². The van der Waals surface area contributed by atoms with Crippen LogP contribution in [0.25, 0.3) is 0 Å². The quantitative estimate of drug-likeness (QED) is 0.666. The maximum atomic E-state index is 4.29. The summed E-state index contributed by atoms with van der Waals surface area (Å²) in [4.78, 5) is 0. The Bertz CT molecular complexity index is 707. The van der Waals surface area contributed by atoms with Crippen LogP contribution in [-0.4, -0.2) is 30.0 Å². The van der Waals surface area contributed by atoms with Crippen LogP contribution in [-0.2, 0) is 11.9 Å². The van der Waals surface area contributed by atoms with Gasteiger partial charge in [-0.3, -0.25) is 0 Å². The maximum absolute atomic E-state index is 4.29. The number of hydrogen-bond donors (Lipinski definition) is 0. The van der Waals surface area contributed by atoms with E-state index in [1.807, 2.05) is 4.68 Å². The van der Waals surface area contributed by atoms with Gasteiger partial charge >= 0.3 is 131 Å². The average Bonchev–Trinajstić information content (AvgIpc) is 2.96. The number of aromatic nitrogens is 3. The molecule has 1 heterocycles. The fourth-order valence-electron chi connectivity index (χ4n) is 2.12. The van der Waals surface area contributed by atoms with E-state index >= 15 is 0 Å². The van der Waals surface area contributed by atoms with Crippen LogP contribution in [0.2, 0.25) is 0 Å². The summed E-state index contributed by atoms with van der Waals surface area (Å²) >= 11 is 0.421. The van der Waals surface area contributed by atoms with Crippen molar-refractivity contribution in [2.24, 2.45) is 0 Å². The monoisotopic (exact) mass is 343 g/mol. The number of rotatable bonds is 5. The molecule has 0 spiro atoms. The molecule has 1 aromatic heterocycles. The number of benzene rings is 2. The average molecular weight is 342 g/mol. The number of hydrogen-bond acceptors (Lipinski definition) is 2. The molecule has 0 aliphatic carbocycles. The Balaban J connectivity index is 1.63. The second-order valence-corrected chi connectivity index (χ2v) is 7.14. The fourth-order valence-corrected chi connectivity index (χ4v) is 3.79. The van der Waals surface area contributed by atoms with E-state index in [0.717, 1.165) is 17.6 Å². The Kier molecular flexibility index (Phi) is 4.49. The molecule has 3 nitrogen and oxygen atoms in total. The fraction of sp³-hybridized carbons (Fsp3) is 0.176. The first-order valence-electron chi connectivity index (χ1n) is 6.92. The zero-order valence-corrected chi connectivity index (χ0v) is 13.7. The Morgan fingerprint density at radius 1 is 1.00 bits per heavy atom. The van der Waals surface area contributed by atoms with E-state index in [1.54, 1.807) is 0 Å². The van der Waals surface area contributed by atoms with Crippen molar-refractivity contribution in [3.63, 3.8) is 0 Å². The Morgan fingerprint density at radius 2 is 1.76 bits per heavy atom. The summed E-state index contributed by atoms with van der Waals surface area (Å²) in [5, 5.41) is 9.52. The molecule has 21 heavy (non-hydrogen) atoms. The standard InChI is InChI=1S/C17H17N3Se/c1-14-7-5-6-8-15(14)11-20-12-16(18-19-20)13-21-17-9-3-2-4-10-17/h2-10,12H,11,13H2,1H3. The van der Waals surface area contributed by atoms with Gasteiger partial charge in [0.05, 0.1) is 0 Å². The Morgan fingerprint density at radius 3 is 2.57 bits per heavy atom. The SMILES string of the molecule is Cc1ccccc1Cn1cc(C[Se]c2ccccc2)nn1. The molecule has 4 heteroatoms. The zero-order chi connectivity index (χ0) is 14.5. The van der Waals surface area contributed by atoms with Gasteiger partial charge in [-0.05, 0) is 0 Å². The third-order valence-electron chi connectivity index (χ3n) is 3.31. The van der Waals surface area contributed by atoms with Gasteiger partial charge in [0, 0.05) is 0 Å². The summed E-state index contributed by atoms with van der Waals surface area (Å²) in [6.45, 7) is 2.92. The Hall–Kier alpha value is -1.90. The predicted molar refractivity (Wildman–Crippen MR) is 85.8 cm³/mol. The van der Waals surface area contributed by atoms with Gasteiger partial charge in [-0.1, -0.05) is 0 Å². The van der Waals surface area contributed by atoms with Gasteiger partial charge in [0.25, 0.3) is 0 Å². The molecule has 0 aliphatic heterocycles. The molecule has 0 saturated heterocycles. The predicted octanol–water partition coefficient (Wildman–Crippen LogP) is 2.16. The summed E-state index contributed by atoms with van der Waals surface area (Å²) in [5.41, 5.74) is 3.66. The van der Waals surface area contributed by atoms with Gasteiger partial charge in [0.15, 0.2) is 0 Å². The molecule has 0 unspecified atom stereocenters. The molecular weight excluding hydrogens is 325 g/mol. The van der Waals surface area contributed by atoms with Crippen LogP contribution in [0.15, 0.2) is 60.8 Å². The van der Waals surface area contributed by atoms with Gasteiger partial charge < -0.3 is 0 Å². The van der Waals surface area contributed by atoms with E-state index in [1.165, 1.54) is 15.6 Å². The van der Waals surface area contributed by atoms with E-state index in [4.69, 9.17) is 0 Å². The van der Waals surface area contributed by atoms with E-state index in [-0.39, 0.29) is 0 Å². The zero-order valence-electron chi connectivity index (χ0n) is 11.9. The molecule has 3 rings (SSSR count). The van der Waals surface area contributed by atoms with E-state index in [0.29, 0.717) is 15.0 Å². The van der Waals surface area contributed by atoms with Crippen LogP contribution in [0.5, 0.6) is 0 Å². The first kappa shape index (κ1) is 14.1. The molecule has 0 saturated carbocycles. The topological polar surface area (TPSA) is 30.7 Å². The first-order chi connectivity index (χ1) is 10.3. The molecular formula is C17H17N3Se. The van der Waals surface area contributed by atoms with Crippen molar-refractivity contribution in [3.05, 3.63) is 77.6 Å². The molecule has 0 aliphatic rings. The van der Waals surface area contributed by atoms with Crippen molar-refractivity contribution in [2.45, 2.75) is 18.8 Å². The minimum atomic E-state index is 0.421. The molecule has 106 valence electrons. The third kappa shape index (κ3) is 3.81. The van der Waals surface area contributed by atoms with Gasteiger partial charge in [0.1, 0.15) is 0 Å². The summed E-state index contributed by atoms with van der Waals surface area (Å²) in [7, 11) is 0. The van der Waals surface area contributed by atoms with Gasteiger partial charge in [-0.25, -0.2) is 0 Å². The van der Waals surface area contributed by atoms with Crippen molar-refractivity contribution in [1.29, 1.82) is 0 Å². The molecule has 0 radical (unpaired) electrons. The first-order valence-corrected chi connectivity index (χ1v) is 8.99. The van der Waals surface area contributed by atoms with Crippen molar-refractivity contribution in [1.82, 2.24) is 15.0 Å². The Labute approximate surface area is 131 Å². The van der Waals surface area contributed by atoms with Crippen molar-refractivity contribution < 1.29 is 0 Å². The van der Waals surface area contributed by atoms with E-state index < -0.39 is 0 Å². The molecule has 2 aromatic carbocycles. The van der Waals surface area contributed by atoms with Crippen molar-refractivity contribution in [3.8, 4) is 0 Å². The molecule has 3 aromatic rings. The summed E-state index contributed by atoms with van der Waals surface area (Å²) in [5.74, 6) is 0. The summed E-state index contributed by atoms with van der Waals surface area (Å²) in [6.07, 6.45) is 2.07. The normalized spacial score (nSPS) is 10.7.